The average molecular weight is 294 g/mol. The van der Waals surface area contributed by atoms with Crippen LogP contribution in [0.2, 0.25) is 5.02 Å². The van der Waals surface area contributed by atoms with Crippen LogP contribution in [0.4, 0.5) is 4.39 Å². The molecule has 2 nitrogen and oxygen atoms in total. The topological polar surface area (TPSA) is 21.3 Å². The van der Waals surface area contributed by atoms with Crippen LogP contribution in [-0.4, -0.2) is 6.54 Å². The summed E-state index contributed by atoms with van der Waals surface area (Å²) in [6.07, 6.45) is 0. The first-order valence-corrected chi connectivity index (χ1v) is 6.94. The molecule has 0 saturated carbocycles. The van der Waals surface area contributed by atoms with Crippen molar-refractivity contribution < 1.29 is 9.13 Å². The van der Waals surface area contributed by atoms with Gasteiger partial charge in [-0.25, -0.2) is 4.39 Å². The summed E-state index contributed by atoms with van der Waals surface area (Å²) in [5.41, 5.74) is 1.84. The Hall–Kier alpha value is -1.58. The molecule has 0 amide bonds. The molecule has 0 radical (unpaired) electrons. The van der Waals surface area contributed by atoms with Crippen LogP contribution in [0.3, 0.4) is 0 Å². The van der Waals surface area contributed by atoms with Gasteiger partial charge in [0, 0.05) is 12.1 Å². The maximum Gasteiger partial charge on any atom is 0.142 e. The maximum atomic E-state index is 13.3. The molecule has 106 valence electrons. The van der Waals surface area contributed by atoms with Crippen LogP contribution in [0.5, 0.6) is 5.75 Å². The lowest BCUT2D eigenvalue weighted by atomic mass is 10.2. The Bertz CT molecular complexity index is 557. The third kappa shape index (κ3) is 3.95. The van der Waals surface area contributed by atoms with E-state index in [1.54, 1.807) is 12.1 Å². The molecule has 0 aliphatic carbocycles. The molecule has 0 spiro atoms. The molecule has 0 bridgehead atoms. The smallest absolute Gasteiger partial charge is 0.142 e. The largest absolute Gasteiger partial charge is 0.489 e. The molecule has 1 N–H and O–H groups in total. The zero-order valence-electron chi connectivity index (χ0n) is 11.3. The summed E-state index contributed by atoms with van der Waals surface area (Å²) < 4.78 is 18.9. The second-order valence-corrected chi connectivity index (χ2v) is 4.80. The summed E-state index contributed by atoms with van der Waals surface area (Å²) in [4.78, 5) is 0. The van der Waals surface area contributed by atoms with E-state index in [4.69, 9.17) is 16.3 Å². The van der Waals surface area contributed by atoms with Crippen molar-refractivity contribution in [3.63, 3.8) is 0 Å². The average Bonchev–Trinajstić information content (AvgIpc) is 2.48. The van der Waals surface area contributed by atoms with Gasteiger partial charge in [0.15, 0.2) is 0 Å². The first kappa shape index (κ1) is 14.8. The predicted octanol–water partition coefficient (Wildman–Crippen LogP) is 4.17. The van der Waals surface area contributed by atoms with Crippen molar-refractivity contribution in [3.05, 3.63) is 64.4 Å². The third-order valence-corrected chi connectivity index (χ3v) is 3.35. The van der Waals surface area contributed by atoms with Gasteiger partial charge in [0.2, 0.25) is 0 Å². The fourth-order valence-corrected chi connectivity index (χ4v) is 1.97. The van der Waals surface area contributed by atoms with Gasteiger partial charge in [0.25, 0.3) is 0 Å². The molecule has 0 aromatic heterocycles. The van der Waals surface area contributed by atoms with Gasteiger partial charge in [-0.2, -0.15) is 0 Å². The van der Waals surface area contributed by atoms with Crippen molar-refractivity contribution in [2.24, 2.45) is 0 Å². The van der Waals surface area contributed by atoms with Crippen LogP contribution in [0.1, 0.15) is 18.1 Å². The first-order valence-electron chi connectivity index (χ1n) is 6.56. The molecule has 4 heteroatoms. The molecule has 2 aromatic carbocycles. The van der Waals surface area contributed by atoms with Crippen molar-refractivity contribution in [3.8, 4) is 5.75 Å². The molecule has 2 aromatic rings. The molecule has 0 atom stereocenters. The minimum absolute atomic E-state index is 0.122. The first-order chi connectivity index (χ1) is 9.70. The fourth-order valence-electron chi connectivity index (χ4n) is 1.79. The SMILES string of the molecule is CCNCc1ccc(OCc2cccc(F)c2Cl)cc1. The van der Waals surface area contributed by atoms with Gasteiger partial charge in [0.05, 0.1) is 5.02 Å². The molecule has 0 aliphatic rings. The number of hydrogen-bond donors (Lipinski definition) is 1. The lowest BCUT2D eigenvalue weighted by Crippen LogP contribution is -2.11. The molecule has 0 heterocycles. The van der Waals surface area contributed by atoms with E-state index in [2.05, 4.69) is 12.2 Å². The van der Waals surface area contributed by atoms with Crippen molar-refractivity contribution in [1.29, 1.82) is 0 Å². The van der Waals surface area contributed by atoms with Gasteiger partial charge in [-0.3, -0.25) is 0 Å². The summed E-state index contributed by atoms with van der Waals surface area (Å²) in [5, 5.41) is 3.38. The summed E-state index contributed by atoms with van der Waals surface area (Å²) in [6, 6.07) is 12.5. The summed E-state index contributed by atoms with van der Waals surface area (Å²) >= 11 is 5.88. The normalized spacial score (nSPS) is 10.6. The third-order valence-electron chi connectivity index (χ3n) is 2.93. The van der Waals surface area contributed by atoms with Crippen molar-refractivity contribution in [1.82, 2.24) is 5.32 Å². The van der Waals surface area contributed by atoms with Crippen LogP contribution < -0.4 is 10.1 Å². The van der Waals surface area contributed by atoms with Crippen molar-refractivity contribution >= 4 is 11.6 Å². The van der Waals surface area contributed by atoms with E-state index in [-0.39, 0.29) is 11.6 Å². The lowest BCUT2D eigenvalue weighted by molar-refractivity contribution is 0.305. The Morgan fingerprint density at radius 1 is 1.15 bits per heavy atom. The predicted molar refractivity (Wildman–Crippen MR) is 79.6 cm³/mol. The van der Waals surface area contributed by atoms with E-state index >= 15 is 0 Å². The highest BCUT2D eigenvalue weighted by molar-refractivity contribution is 6.31. The van der Waals surface area contributed by atoms with Crippen molar-refractivity contribution in [2.45, 2.75) is 20.1 Å². The highest BCUT2D eigenvalue weighted by Crippen LogP contribution is 2.21. The molecule has 0 fully saturated rings. The highest BCUT2D eigenvalue weighted by atomic mass is 35.5. The van der Waals surface area contributed by atoms with E-state index in [0.717, 1.165) is 18.8 Å². The molecule has 20 heavy (non-hydrogen) atoms. The van der Waals surface area contributed by atoms with Gasteiger partial charge >= 0.3 is 0 Å². The molecule has 0 aliphatic heterocycles. The van der Waals surface area contributed by atoms with Gasteiger partial charge in [0.1, 0.15) is 18.2 Å². The maximum absolute atomic E-state index is 13.3. The van der Waals surface area contributed by atoms with Crippen LogP contribution in [0.25, 0.3) is 0 Å². The quantitative estimate of drug-likeness (QED) is 0.863. The Kier molecular flexibility index (Phi) is 5.39. The Balaban J connectivity index is 1.95. The van der Waals surface area contributed by atoms with Gasteiger partial charge < -0.3 is 10.1 Å². The van der Waals surface area contributed by atoms with E-state index in [1.165, 1.54) is 11.6 Å². The van der Waals surface area contributed by atoms with E-state index in [0.29, 0.717) is 5.56 Å². The van der Waals surface area contributed by atoms with Gasteiger partial charge in [-0.05, 0) is 30.3 Å². The van der Waals surface area contributed by atoms with Crippen LogP contribution in [0.15, 0.2) is 42.5 Å². The zero-order chi connectivity index (χ0) is 14.4. The standard InChI is InChI=1S/C16H17ClFNO/c1-2-19-10-12-6-8-14(9-7-12)20-11-13-4-3-5-15(18)16(13)17/h3-9,19H,2,10-11H2,1H3. The minimum atomic E-state index is -0.422. The molecule has 0 saturated heterocycles. The number of halogens is 2. The number of nitrogens with one attached hydrogen (secondary N) is 1. The number of rotatable bonds is 6. The highest BCUT2D eigenvalue weighted by Gasteiger charge is 2.06. The molecular formula is C16H17ClFNO. The Labute approximate surface area is 123 Å². The summed E-state index contributed by atoms with van der Waals surface area (Å²) in [7, 11) is 0. The van der Waals surface area contributed by atoms with E-state index in [1.807, 2.05) is 24.3 Å². The van der Waals surface area contributed by atoms with E-state index < -0.39 is 5.82 Å². The monoisotopic (exact) mass is 293 g/mol. The Morgan fingerprint density at radius 3 is 2.60 bits per heavy atom. The minimum Gasteiger partial charge on any atom is -0.489 e. The fraction of sp³-hybridized carbons (Fsp3) is 0.250. The van der Waals surface area contributed by atoms with Gasteiger partial charge in [-0.15, -0.1) is 0 Å². The molecular weight excluding hydrogens is 277 g/mol. The lowest BCUT2D eigenvalue weighted by Gasteiger charge is -2.09. The summed E-state index contributed by atoms with van der Waals surface area (Å²) in [5.74, 6) is 0.319. The molecule has 0 unspecified atom stereocenters. The zero-order valence-corrected chi connectivity index (χ0v) is 12.1. The van der Waals surface area contributed by atoms with Gasteiger partial charge in [-0.1, -0.05) is 42.8 Å². The van der Waals surface area contributed by atoms with Crippen LogP contribution in [-0.2, 0) is 13.2 Å². The second kappa shape index (κ2) is 7.27. The molecule has 2 rings (SSSR count). The summed E-state index contributed by atoms with van der Waals surface area (Å²) in [6.45, 7) is 4.10. The van der Waals surface area contributed by atoms with E-state index in [9.17, 15) is 4.39 Å². The number of benzene rings is 2. The number of ether oxygens (including phenoxy) is 1. The van der Waals surface area contributed by atoms with Crippen LogP contribution >= 0.6 is 11.6 Å². The van der Waals surface area contributed by atoms with Crippen LogP contribution in [0, 0.1) is 5.82 Å². The number of hydrogen-bond acceptors (Lipinski definition) is 2. The second-order valence-electron chi connectivity index (χ2n) is 4.43. The Morgan fingerprint density at radius 2 is 1.90 bits per heavy atom. The van der Waals surface area contributed by atoms with Crippen molar-refractivity contribution in [2.75, 3.05) is 6.54 Å².